The van der Waals surface area contributed by atoms with Crippen LogP contribution in [0.15, 0.2) is 58.5 Å². The highest BCUT2D eigenvalue weighted by atomic mass is 31.1. The Morgan fingerprint density at radius 2 is 1.30 bits per heavy atom. The standard InChI is InChI=1S/C15H11N2O2P/c1-20(14-6-2-4-12(8-14)16-10-18)15-7-3-5-13(9-15)17-11-19/h2-9H,1H3. The van der Waals surface area contributed by atoms with Gasteiger partial charge in [-0.1, -0.05) is 24.3 Å². The molecule has 0 saturated carbocycles. The van der Waals surface area contributed by atoms with Crippen molar-refractivity contribution in [2.75, 3.05) is 6.66 Å². The second kappa shape index (κ2) is 6.70. The highest BCUT2D eigenvalue weighted by Crippen LogP contribution is 2.31. The molecule has 2 aromatic carbocycles. The highest BCUT2D eigenvalue weighted by Gasteiger charge is 2.09. The van der Waals surface area contributed by atoms with Crippen molar-refractivity contribution in [2.24, 2.45) is 9.98 Å². The van der Waals surface area contributed by atoms with E-state index in [0.29, 0.717) is 11.4 Å². The van der Waals surface area contributed by atoms with Crippen LogP contribution in [0, 0.1) is 0 Å². The fourth-order valence-corrected chi connectivity index (χ4v) is 3.37. The molecule has 0 aliphatic carbocycles. The molecule has 0 aliphatic rings. The first kappa shape index (κ1) is 14.0. The molecule has 0 atom stereocenters. The Morgan fingerprint density at radius 1 is 0.850 bits per heavy atom. The number of aliphatic imine (C=N–C) groups is 2. The van der Waals surface area contributed by atoms with Crippen LogP contribution in [0.1, 0.15) is 0 Å². The van der Waals surface area contributed by atoms with E-state index in [0.717, 1.165) is 10.6 Å². The quantitative estimate of drug-likeness (QED) is 0.492. The normalized spacial score (nSPS) is 11.1. The first-order valence-electron chi connectivity index (χ1n) is 5.84. The number of hydrogen-bond donors (Lipinski definition) is 0. The van der Waals surface area contributed by atoms with Gasteiger partial charge in [0, 0.05) is 0 Å². The van der Waals surface area contributed by atoms with Crippen molar-refractivity contribution in [3.05, 3.63) is 48.5 Å². The number of hydrogen-bond acceptors (Lipinski definition) is 4. The van der Waals surface area contributed by atoms with Gasteiger partial charge in [-0.3, -0.25) is 0 Å². The van der Waals surface area contributed by atoms with E-state index in [2.05, 4.69) is 16.6 Å². The molecule has 0 spiro atoms. The Hall–Kier alpha value is -2.37. The van der Waals surface area contributed by atoms with Crippen molar-refractivity contribution in [1.82, 2.24) is 0 Å². The lowest BCUT2D eigenvalue weighted by molar-refractivity contribution is 0.564. The smallest absolute Gasteiger partial charge is 0.211 e. The molecule has 2 aromatic rings. The number of carbonyl (C=O) groups excluding carboxylic acids is 2. The molecular weight excluding hydrogens is 271 g/mol. The van der Waals surface area contributed by atoms with Crippen molar-refractivity contribution >= 4 is 42.1 Å². The summed E-state index contributed by atoms with van der Waals surface area (Å²) in [6.45, 7) is 2.10. The van der Waals surface area contributed by atoms with Crippen molar-refractivity contribution in [1.29, 1.82) is 0 Å². The molecule has 0 bridgehead atoms. The van der Waals surface area contributed by atoms with Gasteiger partial charge in [0.25, 0.3) is 0 Å². The summed E-state index contributed by atoms with van der Waals surface area (Å²) in [5.41, 5.74) is 1.18. The van der Waals surface area contributed by atoms with E-state index < -0.39 is 7.92 Å². The van der Waals surface area contributed by atoms with Crippen LogP contribution in [0.25, 0.3) is 0 Å². The average Bonchev–Trinajstić information content (AvgIpc) is 2.48. The van der Waals surface area contributed by atoms with E-state index in [4.69, 9.17) is 0 Å². The maximum absolute atomic E-state index is 10.3. The molecule has 20 heavy (non-hydrogen) atoms. The zero-order chi connectivity index (χ0) is 14.4. The van der Waals surface area contributed by atoms with Gasteiger partial charge in [0.15, 0.2) is 0 Å². The molecule has 0 aromatic heterocycles. The van der Waals surface area contributed by atoms with Crippen molar-refractivity contribution in [3.8, 4) is 0 Å². The SMILES string of the molecule is CP(c1cccc(N=C=O)c1)c1cccc(N=C=O)c1. The summed E-state index contributed by atoms with van der Waals surface area (Å²) >= 11 is 0. The second-order valence-corrected chi connectivity index (χ2v) is 6.16. The molecule has 0 saturated heterocycles. The highest BCUT2D eigenvalue weighted by molar-refractivity contribution is 7.72. The molecule has 4 nitrogen and oxygen atoms in total. The lowest BCUT2D eigenvalue weighted by atomic mass is 10.3. The summed E-state index contributed by atoms with van der Waals surface area (Å²) in [6, 6.07) is 14.9. The van der Waals surface area contributed by atoms with Gasteiger partial charge in [-0.05, 0) is 49.5 Å². The van der Waals surface area contributed by atoms with Gasteiger partial charge in [-0.2, -0.15) is 9.98 Å². The van der Waals surface area contributed by atoms with Crippen LogP contribution in [-0.4, -0.2) is 18.8 Å². The van der Waals surface area contributed by atoms with Crippen LogP contribution < -0.4 is 10.6 Å². The van der Waals surface area contributed by atoms with Gasteiger partial charge in [0.1, 0.15) is 0 Å². The minimum Gasteiger partial charge on any atom is -0.211 e. The van der Waals surface area contributed by atoms with Crippen LogP contribution in [0.5, 0.6) is 0 Å². The van der Waals surface area contributed by atoms with Gasteiger partial charge < -0.3 is 0 Å². The number of benzene rings is 2. The number of nitrogens with zero attached hydrogens (tertiary/aromatic N) is 2. The minimum absolute atomic E-state index is 0.592. The minimum atomic E-state index is -0.604. The summed E-state index contributed by atoms with van der Waals surface area (Å²) < 4.78 is 0. The molecule has 2 rings (SSSR count). The summed E-state index contributed by atoms with van der Waals surface area (Å²) in [5, 5.41) is 2.17. The van der Waals surface area contributed by atoms with Gasteiger partial charge >= 0.3 is 0 Å². The fraction of sp³-hybridized carbons (Fsp3) is 0.0667. The Balaban J connectivity index is 2.37. The third-order valence-electron chi connectivity index (χ3n) is 2.78. The lowest BCUT2D eigenvalue weighted by Crippen LogP contribution is -2.10. The molecule has 0 aliphatic heterocycles. The fourth-order valence-electron chi connectivity index (χ4n) is 1.80. The molecule has 98 valence electrons. The Labute approximate surface area is 117 Å². The van der Waals surface area contributed by atoms with Crippen LogP contribution in [-0.2, 0) is 9.59 Å². The Kier molecular flexibility index (Phi) is 4.70. The van der Waals surface area contributed by atoms with E-state index in [-0.39, 0.29) is 0 Å². The second-order valence-electron chi connectivity index (χ2n) is 4.00. The topological polar surface area (TPSA) is 58.9 Å². The van der Waals surface area contributed by atoms with Gasteiger partial charge in [-0.25, -0.2) is 9.59 Å². The lowest BCUT2D eigenvalue weighted by Gasteiger charge is -2.13. The molecule has 0 unspecified atom stereocenters. The predicted octanol–water partition coefficient (Wildman–Crippen LogP) is 2.68. The third-order valence-corrected chi connectivity index (χ3v) is 4.89. The van der Waals surface area contributed by atoms with E-state index >= 15 is 0 Å². The molecule has 0 radical (unpaired) electrons. The van der Waals surface area contributed by atoms with Crippen molar-refractivity contribution < 1.29 is 9.59 Å². The van der Waals surface area contributed by atoms with Crippen molar-refractivity contribution in [2.45, 2.75) is 0 Å². The maximum atomic E-state index is 10.3. The zero-order valence-electron chi connectivity index (χ0n) is 10.8. The van der Waals surface area contributed by atoms with Gasteiger partial charge in [-0.15, -0.1) is 0 Å². The first-order chi connectivity index (χ1) is 9.74. The zero-order valence-corrected chi connectivity index (χ0v) is 11.7. The largest absolute Gasteiger partial charge is 0.240 e. The molecular formula is C15H11N2O2P. The summed E-state index contributed by atoms with van der Waals surface area (Å²) in [7, 11) is -0.604. The predicted molar refractivity (Wildman–Crippen MR) is 80.6 cm³/mol. The van der Waals surface area contributed by atoms with Crippen LogP contribution in [0.3, 0.4) is 0 Å². The van der Waals surface area contributed by atoms with Gasteiger partial charge in [0.05, 0.1) is 11.4 Å². The molecule has 0 amide bonds. The van der Waals surface area contributed by atoms with E-state index in [1.807, 2.05) is 36.4 Å². The first-order valence-corrected chi connectivity index (χ1v) is 7.63. The number of rotatable bonds is 4. The summed E-state index contributed by atoms with van der Waals surface area (Å²) in [4.78, 5) is 27.9. The van der Waals surface area contributed by atoms with E-state index in [9.17, 15) is 9.59 Å². The molecule has 5 heteroatoms. The summed E-state index contributed by atoms with van der Waals surface area (Å²) in [6.07, 6.45) is 3.08. The Bertz CT molecular complexity index is 656. The Morgan fingerprint density at radius 3 is 1.70 bits per heavy atom. The monoisotopic (exact) mass is 282 g/mol. The van der Waals surface area contributed by atoms with Crippen molar-refractivity contribution in [3.63, 3.8) is 0 Å². The van der Waals surface area contributed by atoms with E-state index in [1.54, 1.807) is 12.1 Å². The molecule has 0 fully saturated rings. The van der Waals surface area contributed by atoms with Crippen LogP contribution in [0.4, 0.5) is 11.4 Å². The van der Waals surface area contributed by atoms with Crippen LogP contribution in [0.2, 0.25) is 0 Å². The maximum Gasteiger partial charge on any atom is 0.240 e. The van der Waals surface area contributed by atoms with Crippen LogP contribution >= 0.6 is 7.92 Å². The number of isocyanates is 2. The van der Waals surface area contributed by atoms with E-state index in [1.165, 1.54) is 12.2 Å². The molecule has 0 heterocycles. The summed E-state index contributed by atoms with van der Waals surface area (Å²) in [5.74, 6) is 0. The van der Waals surface area contributed by atoms with Gasteiger partial charge in [0.2, 0.25) is 12.2 Å². The third kappa shape index (κ3) is 3.34. The average molecular weight is 282 g/mol. The molecule has 0 N–H and O–H groups in total.